The standard InChI is InChI=1S/C15H29N/c1-12-7-9-14(10-8-12)15(16)11-13-5-3-2-4-6-13/h12-15H,2-11,16H2,1H3. The highest BCUT2D eigenvalue weighted by atomic mass is 14.7. The van der Waals surface area contributed by atoms with Crippen LogP contribution in [0.15, 0.2) is 0 Å². The molecule has 0 heterocycles. The molecule has 1 atom stereocenters. The van der Waals surface area contributed by atoms with Gasteiger partial charge in [-0.25, -0.2) is 0 Å². The van der Waals surface area contributed by atoms with Crippen LogP contribution in [0.3, 0.4) is 0 Å². The molecule has 2 saturated carbocycles. The van der Waals surface area contributed by atoms with Gasteiger partial charge in [0, 0.05) is 6.04 Å². The Morgan fingerprint density at radius 1 is 0.938 bits per heavy atom. The minimum Gasteiger partial charge on any atom is -0.327 e. The zero-order chi connectivity index (χ0) is 11.4. The predicted octanol–water partition coefficient (Wildman–Crippen LogP) is 4.11. The van der Waals surface area contributed by atoms with Crippen molar-refractivity contribution in [1.29, 1.82) is 0 Å². The first-order chi connectivity index (χ1) is 7.75. The third-order valence-electron chi connectivity index (χ3n) is 5.00. The molecule has 2 fully saturated rings. The van der Waals surface area contributed by atoms with E-state index in [1.165, 1.54) is 64.2 Å². The molecular weight excluding hydrogens is 194 g/mol. The van der Waals surface area contributed by atoms with Crippen molar-refractivity contribution >= 4 is 0 Å². The number of rotatable bonds is 3. The number of hydrogen-bond acceptors (Lipinski definition) is 1. The first kappa shape index (κ1) is 12.4. The second-order valence-electron chi connectivity index (χ2n) is 6.42. The second-order valence-corrected chi connectivity index (χ2v) is 6.42. The van der Waals surface area contributed by atoms with Crippen molar-refractivity contribution in [2.24, 2.45) is 23.5 Å². The highest BCUT2D eigenvalue weighted by Gasteiger charge is 2.26. The van der Waals surface area contributed by atoms with Crippen LogP contribution < -0.4 is 5.73 Å². The van der Waals surface area contributed by atoms with Crippen LogP contribution in [0.2, 0.25) is 0 Å². The van der Waals surface area contributed by atoms with E-state index in [4.69, 9.17) is 5.73 Å². The summed E-state index contributed by atoms with van der Waals surface area (Å²) >= 11 is 0. The Kier molecular flexibility index (Phi) is 4.69. The Balaban J connectivity index is 1.72. The normalized spacial score (nSPS) is 34.9. The van der Waals surface area contributed by atoms with Crippen LogP contribution >= 0.6 is 0 Å². The van der Waals surface area contributed by atoms with Crippen molar-refractivity contribution in [2.45, 2.75) is 77.2 Å². The molecule has 1 unspecified atom stereocenters. The summed E-state index contributed by atoms with van der Waals surface area (Å²) < 4.78 is 0. The Morgan fingerprint density at radius 2 is 1.56 bits per heavy atom. The number of hydrogen-bond donors (Lipinski definition) is 1. The van der Waals surface area contributed by atoms with Gasteiger partial charge in [-0.3, -0.25) is 0 Å². The molecule has 0 bridgehead atoms. The lowest BCUT2D eigenvalue weighted by molar-refractivity contribution is 0.216. The molecule has 2 rings (SSSR count). The zero-order valence-electron chi connectivity index (χ0n) is 11.0. The molecule has 0 saturated heterocycles. The molecule has 0 aromatic carbocycles. The van der Waals surface area contributed by atoms with Crippen LogP contribution in [0, 0.1) is 17.8 Å². The van der Waals surface area contributed by atoms with Gasteiger partial charge >= 0.3 is 0 Å². The van der Waals surface area contributed by atoms with Crippen LogP contribution in [-0.2, 0) is 0 Å². The maximum atomic E-state index is 6.42. The molecule has 2 aliphatic rings. The molecule has 1 nitrogen and oxygen atoms in total. The highest BCUT2D eigenvalue weighted by molar-refractivity contribution is 4.81. The smallest absolute Gasteiger partial charge is 0.00698 e. The quantitative estimate of drug-likeness (QED) is 0.765. The molecule has 2 N–H and O–H groups in total. The van der Waals surface area contributed by atoms with Gasteiger partial charge in [-0.15, -0.1) is 0 Å². The Hall–Kier alpha value is -0.0400. The summed E-state index contributed by atoms with van der Waals surface area (Å²) in [5.41, 5.74) is 6.42. The van der Waals surface area contributed by atoms with E-state index in [9.17, 15) is 0 Å². The average molecular weight is 223 g/mol. The minimum absolute atomic E-state index is 0.510. The molecule has 94 valence electrons. The maximum absolute atomic E-state index is 6.42. The Morgan fingerprint density at radius 3 is 2.19 bits per heavy atom. The summed E-state index contributed by atoms with van der Waals surface area (Å²) in [6, 6.07) is 0.510. The van der Waals surface area contributed by atoms with Crippen molar-refractivity contribution < 1.29 is 0 Å². The molecular formula is C15H29N. The first-order valence-corrected chi connectivity index (χ1v) is 7.51. The predicted molar refractivity (Wildman–Crippen MR) is 70.3 cm³/mol. The van der Waals surface area contributed by atoms with Gasteiger partial charge in [-0.2, -0.15) is 0 Å². The van der Waals surface area contributed by atoms with Crippen molar-refractivity contribution in [3.63, 3.8) is 0 Å². The molecule has 0 aromatic rings. The molecule has 16 heavy (non-hydrogen) atoms. The summed E-state index contributed by atoms with van der Waals surface area (Å²) in [4.78, 5) is 0. The van der Waals surface area contributed by atoms with Gasteiger partial charge in [-0.1, -0.05) is 51.9 Å². The summed E-state index contributed by atoms with van der Waals surface area (Å²) in [6.45, 7) is 2.39. The second kappa shape index (κ2) is 6.05. The van der Waals surface area contributed by atoms with Gasteiger partial charge < -0.3 is 5.73 Å². The maximum Gasteiger partial charge on any atom is 0.00698 e. The summed E-state index contributed by atoms with van der Waals surface area (Å²) in [7, 11) is 0. The molecule has 2 aliphatic carbocycles. The van der Waals surface area contributed by atoms with Gasteiger partial charge in [0.1, 0.15) is 0 Å². The molecule has 0 spiro atoms. The third kappa shape index (κ3) is 3.48. The van der Waals surface area contributed by atoms with Crippen LogP contribution in [-0.4, -0.2) is 6.04 Å². The van der Waals surface area contributed by atoms with Crippen LogP contribution in [0.5, 0.6) is 0 Å². The fraction of sp³-hybridized carbons (Fsp3) is 1.00. The van der Waals surface area contributed by atoms with E-state index < -0.39 is 0 Å². The van der Waals surface area contributed by atoms with Crippen LogP contribution in [0.1, 0.15) is 71.1 Å². The third-order valence-corrected chi connectivity index (χ3v) is 5.00. The molecule has 0 aliphatic heterocycles. The lowest BCUT2D eigenvalue weighted by atomic mass is 9.75. The van der Waals surface area contributed by atoms with E-state index in [1.54, 1.807) is 0 Å². The van der Waals surface area contributed by atoms with E-state index in [0.29, 0.717) is 6.04 Å². The molecule has 0 radical (unpaired) electrons. The van der Waals surface area contributed by atoms with Gasteiger partial charge in [0.05, 0.1) is 0 Å². The fourth-order valence-corrected chi connectivity index (χ4v) is 3.71. The summed E-state index contributed by atoms with van der Waals surface area (Å²) in [6.07, 6.45) is 14.2. The van der Waals surface area contributed by atoms with E-state index in [0.717, 1.165) is 17.8 Å². The zero-order valence-corrected chi connectivity index (χ0v) is 11.0. The molecule has 0 amide bonds. The highest BCUT2D eigenvalue weighted by Crippen LogP contribution is 2.34. The summed E-state index contributed by atoms with van der Waals surface area (Å²) in [5.74, 6) is 2.76. The van der Waals surface area contributed by atoms with Crippen LogP contribution in [0.25, 0.3) is 0 Å². The molecule has 1 heteroatoms. The topological polar surface area (TPSA) is 26.0 Å². The number of nitrogens with two attached hydrogens (primary N) is 1. The van der Waals surface area contributed by atoms with Gasteiger partial charge in [0.25, 0.3) is 0 Å². The van der Waals surface area contributed by atoms with E-state index in [-0.39, 0.29) is 0 Å². The first-order valence-electron chi connectivity index (χ1n) is 7.51. The Labute approximate surface area is 101 Å². The van der Waals surface area contributed by atoms with E-state index >= 15 is 0 Å². The molecule has 0 aromatic heterocycles. The fourth-order valence-electron chi connectivity index (χ4n) is 3.71. The summed E-state index contributed by atoms with van der Waals surface area (Å²) in [5, 5.41) is 0. The SMILES string of the molecule is CC1CCC(C(N)CC2CCCCC2)CC1. The largest absolute Gasteiger partial charge is 0.327 e. The van der Waals surface area contributed by atoms with Gasteiger partial charge in [0.15, 0.2) is 0 Å². The van der Waals surface area contributed by atoms with E-state index in [1.807, 2.05) is 0 Å². The van der Waals surface area contributed by atoms with Gasteiger partial charge in [-0.05, 0) is 37.0 Å². The average Bonchev–Trinajstić information content (AvgIpc) is 2.31. The Bertz CT molecular complexity index is 188. The van der Waals surface area contributed by atoms with Gasteiger partial charge in [0.2, 0.25) is 0 Å². The van der Waals surface area contributed by atoms with Crippen molar-refractivity contribution in [3.8, 4) is 0 Å². The van der Waals surface area contributed by atoms with Crippen molar-refractivity contribution in [3.05, 3.63) is 0 Å². The van der Waals surface area contributed by atoms with Crippen LogP contribution in [0.4, 0.5) is 0 Å². The van der Waals surface area contributed by atoms with Crippen molar-refractivity contribution in [2.75, 3.05) is 0 Å². The van der Waals surface area contributed by atoms with Crippen molar-refractivity contribution in [1.82, 2.24) is 0 Å². The van der Waals surface area contributed by atoms with E-state index in [2.05, 4.69) is 6.92 Å². The lowest BCUT2D eigenvalue weighted by Crippen LogP contribution is -2.35. The monoisotopic (exact) mass is 223 g/mol. The minimum atomic E-state index is 0.510. The lowest BCUT2D eigenvalue weighted by Gasteiger charge is -2.33.